The van der Waals surface area contributed by atoms with Gasteiger partial charge in [-0.25, -0.2) is 0 Å². The number of amides is 1. The molecule has 5 heteroatoms. The lowest BCUT2D eigenvalue weighted by Crippen LogP contribution is -2.13. The number of methoxy groups -OCH3 is 1. The Morgan fingerprint density at radius 2 is 2.00 bits per heavy atom. The minimum atomic E-state index is 0.139. The molecule has 1 saturated heterocycles. The van der Waals surface area contributed by atoms with Crippen LogP contribution < -0.4 is 5.32 Å². The fraction of sp³-hybridized carbons (Fsp3) is 0.333. The van der Waals surface area contributed by atoms with E-state index < -0.39 is 0 Å². The highest BCUT2D eigenvalue weighted by Crippen LogP contribution is 2.23. The van der Waals surface area contributed by atoms with E-state index in [2.05, 4.69) is 10.1 Å². The topological polar surface area (TPSA) is 55.4 Å². The van der Waals surface area contributed by atoms with Crippen LogP contribution in [-0.4, -0.2) is 26.0 Å². The van der Waals surface area contributed by atoms with Crippen LogP contribution in [-0.2, 0) is 14.3 Å². The molecular formula is C12H14ClNO3. The molecule has 1 aliphatic rings. The number of hydrogen-bond donors (Lipinski definition) is 1. The van der Waals surface area contributed by atoms with Gasteiger partial charge in [-0.3, -0.25) is 9.59 Å². The number of hydrogen-bond acceptors (Lipinski definition) is 3. The Bertz CT molecular complexity index is 378. The first kappa shape index (κ1) is 13.5. The summed E-state index contributed by atoms with van der Waals surface area (Å²) in [4.78, 5) is 19.9. The first-order chi connectivity index (χ1) is 8.17. The molecule has 0 unspecified atom stereocenters. The van der Waals surface area contributed by atoms with Gasteiger partial charge in [0.2, 0.25) is 5.91 Å². The molecular weight excluding hydrogens is 242 g/mol. The lowest BCUT2D eigenvalue weighted by atomic mass is 9.99. The molecule has 2 rings (SSSR count). The summed E-state index contributed by atoms with van der Waals surface area (Å²) < 4.78 is 3.86. The fourth-order valence-corrected chi connectivity index (χ4v) is 1.70. The molecule has 0 radical (unpaired) electrons. The average Bonchev–Trinajstić information content (AvgIpc) is 2.77. The summed E-state index contributed by atoms with van der Waals surface area (Å²) in [6.45, 7) is 1.13. The molecule has 1 N–H and O–H groups in total. The second-order valence-corrected chi connectivity index (χ2v) is 4.03. The van der Waals surface area contributed by atoms with Crippen molar-refractivity contribution in [3.8, 4) is 0 Å². The van der Waals surface area contributed by atoms with Gasteiger partial charge < -0.3 is 10.1 Å². The highest BCUT2D eigenvalue weighted by Gasteiger charge is 2.22. The van der Waals surface area contributed by atoms with Crippen molar-refractivity contribution < 1.29 is 14.3 Å². The molecule has 1 fully saturated rings. The molecule has 1 heterocycles. The monoisotopic (exact) mass is 255 g/mol. The SMILES string of the molecule is COC=O.O=C1C[C@H](c2ccc(Cl)cc2)CN1. The number of benzene rings is 1. The molecule has 0 bridgehead atoms. The summed E-state index contributed by atoms with van der Waals surface area (Å²) >= 11 is 5.76. The maximum Gasteiger partial charge on any atom is 0.292 e. The van der Waals surface area contributed by atoms with Gasteiger partial charge in [-0.15, -0.1) is 0 Å². The molecule has 0 saturated carbocycles. The van der Waals surface area contributed by atoms with E-state index in [0.29, 0.717) is 18.8 Å². The van der Waals surface area contributed by atoms with Gasteiger partial charge in [-0.05, 0) is 17.7 Å². The Morgan fingerprint density at radius 3 is 2.41 bits per heavy atom. The van der Waals surface area contributed by atoms with E-state index in [1.54, 1.807) is 0 Å². The molecule has 17 heavy (non-hydrogen) atoms. The molecule has 1 atom stereocenters. The van der Waals surface area contributed by atoms with Crippen LogP contribution in [0.2, 0.25) is 5.02 Å². The van der Waals surface area contributed by atoms with Crippen molar-refractivity contribution >= 4 is 24.0 Å². The third-order valence-corrected chi connectivity index (χ3v) is 2.67. The van der Waals surface area contributed by atoms with Crippen molar-refractivity contribution in [2.45, 2.75) is 12.3 Å². The lowest BCUT2D eigenvalue weighted by molar-refractivity contribution is -0.126. The minimum Gasteiger partial charge on any atom is -0.471 e. The van der Waals surface area contributed by atoms with Gasteiger partial charge >= 0.3 is 0 Å². The van der Waals surface area contributed by atoms with Crippen molar-refractivity contribution in [2.24, 2.45) is 0 Å². The zero-order chi connectivity index (χ0) is 12.7. The Morgan fingerprint density at radius 1 is 1.41 bits per heavy atom. The second-order valence-electron chi connectivity index (χ2n) is 3.59. The van der Waals surface area contributed by atoms with Crippen LogP contribution in [0, 0.1) is 0 Å². The molecule has 1 aliphatic heterocycles. The molecule has 4 nitrogen and oxygen atoms in total. The van der Waals surface area contributed by atoms with Crippen molar-refractivity contribution in [3.63, 3.8) is 0 Å². The van der Waals surface area contributed by atoms with Crippen LogP contribution in [0.3, 0.4) is 0 Å². The molecule has 1 aromatic carbocycles. The summed E-state index contributed by atoms with van der Waals surface area (Å²) in [7, 11) is 1.31. The smallest absolute Gasteiger partial charge is 0.292 e. The quantitative estimate of drug-likeness (QED) is 0.819. The highest BCUT2D eigenvalue weighted by atomic mass is 35.5. The number of nitrogens with one attached hydrogen (secondary N) is 1. The van der Waals surface area contributed by atoms with E-state index in [9.17, 15) is 4.79 Å². The van der Waals surface area contributed by atoms with Gasteiger partial charge in [0.15, 0.2) is 0 Å². The number of rotatable bonds is 2. The Hall–Kier alpha value is -1.55. The van der Waals surface area contributed by atoms with Crippen molar-refractivity contribution in [3.05, 3.63) is 34.9 Å². The zero-order valence-electron chi connectivity index (χ0n) is 9.48. The molecule has 1 amide bonds. The van der Waals surface area contributed by atoms with Crippen molar-refractivity contribution in [1.29, 1.82) is 0 Å². The van der Waals surface area contributed by atoms with Crippen LogP contribution >= 0.6 is 11.6 Å². The predicted octanol–water partition coefficient (Wildman–Crippen LogP) is 1.73. The summed E-state index contributed by atoms with van der Waals surface area (Å²) in [6, 6.07) is 7.68. The van der Waals surface area contributed by atoms with Crippen LogP contribution in [0.4, 0.5) is 0 Å². The van der Waals surface area contributed by atoms with Crippen LogP contribution in [0.15, 0.2) is 24.3 Å². The third-order valence-electron chi connectivity index (χ3n) is 2.42. The number of carbonyl (C=O) groups excluding carboxylic acids is 2. The summed E-state index contributed by atoms with van der Waals surface area (Å²) in [6.07, 6.45) is 0.599. The Kier molecular flexibility index (Phi) is 5.49. The fourth-order valence-electron chi connectivity index (χ4n) is 1.58. The lowest BCUT2D eigenvalue weighted by Gasteiger charge is -2.06. The number of halogens is 1. The Labute approximate surface area is 105 Å². The van der Waals surface area contributed by atoms with E-state index >= 15 is 0 Å². The minimum absolute atomic E-state index is 0.139. The Balaban J connectivity index is 0.000000317. The van der Waals surface area contributed by atoms with Gasteiger partial charge in [0.1, 0.15) is 0 Å². The van der Waals surface area contributed by atoms with Gasteiger partial charge in [-0.2, -0.15) is 0 Å². The van der Waals surface area contributed by atoms with Crippen molar-refractivity contribution in [2.75, 3.05) is 13.7 Å². The van der Waals surface area contributed by atoms with E-state index in [-0.39, 0.29) is 5.91 Å². The highest BCUT2D eigenvalue weighted by molar-refractivity contribution is 6.30. The van der Waals surface area contributed by atoms with E-state index in [0.717, 1.165) is 11.6 Å². The molecule has 0 aliphatic carbocycles. The maximum absolute atomic E-state index is 11.0. The van der Waals surface area contributed by atoms with Gasteiger partial charge in [0, 0.05) is 23.9 Å². The van der Waals surface area contributed by atoms with Gasteiger partial charge in [0.05, 0.1) is 7.11 Å². The van der Waals surface area contributed by atoms with E-state index in [1.165, 1.54) is 12.7 Å². The molecule has 1 aromatic rings. The van der Waals surface area contributed by atoms with Crippen LogP contribution in [0.1, 0.15) is 17.9 Å². The second kappa shape index (κ2) is 6.91. The standard InChI is InChI=1S/C10H10ClNO.C2H4O2/c11-9-3-1-7(2-4-9)8-5-10(13)12-6-8;1-4-2-3/h1-4,8H,5-6H2,(H,12,13);2H,1H3/t8-;/m0./s1. The number of carbonyl (C=O) groups is 2. The molecule has 92 valence electrons. The normalized spacial score (nSPS) is 17.8. The van der Waals surface area contributed by atoms with Crippen molar-refractivity contribution in [1.82, 2.24) is 5.32 Å². The summed E-state index contributed by atoms with van der Waals surface area (Å²) in [5, 5.41) is 3.55. The maximum atomic E-state index is 11.0. The first-order valence-electron chi connectivity index (χ1n) is 5.16. The molecule has 0 aromatic heterocycles. The van der Waals surface area contributed by atoms with Crippen LogP contribution in [0.25, 0.3) is 0 Å². The van der Waals surface area contributed by atoms with Gasteiger partial charge in [-0.1, -0.05) is 23.7 Å². The summed E-state index contributed by atoms with van der Waals surface area (Å²) in [5.74, 6) is 0.463. The zero-order valence-corrected chi connectivity index (χ0v) is 10.2. The average molecular weight is 256 g/mol. The van der Waals surface area contributed by atoms with Crippen LogP contribution in [0.5, 0.6) is 0 Å². The van der Waals surface area contributed by atoms with E-state index in [4.69, 9.17) is 16.4 Å². The molecule has 0 spiro atoms. The van der Waals surface area contributed by atoms with E-state index in [1.807, 2.05) is 24.3 Å². The first-order valence-corrected chi connectivity index (χ1v) is 5.53. The number of ether oxygens (including phenoxy) is 1. The largest absolute Gasteiger partial charge is 0.471 e. The predicted molar refractivity (Wildman–Crippen MR) is 64.9 cm³/mol. The third kappa shape index (κ3) is 4.44. The van der Waals surface area contributed by atoms with Gasteiger partial charge in [0.25, 0.3) is 6.47 Å². The summed E-state index contributed by atoms with van der Waals surface area (Å²) in [5.41, 5.74) is 1.18.